The van der Waals surface area contributed by atoms with E-state index in [-0.39, 0.29) is 11.2 Å². The summed E-state index contributed by atoms with van der Waals surface area (Å²) in [5.41, 5.74) is 0.826. The average Bonchev–Trinajstić information content (AvgIpc) is 2.24. The molecule has 2 nitrogen and oxygen atoms in total. The van der Waals surface area contributed by atoms with Gasteiger partial charge in [-0.25, -0.2) is 8.42 Å². The zero-order valence-corrected chi connectivity index (χ0v) is 10.7. The van der Waals surface area contributed by atoms with Gasteiger partial charge in [0.1, 0.15) is 0 Å². The molecule has 1 aliphatic heterocycles. The van der Waals surface area contributed by atoms with Crippen molar-refractivity contribution in [3.05, 3.63) is 42.0 Å². The highest BCUT2D eigenvalue weighted by atomic mass is 32.2. The molecule has 2 aromatic carbocycles. The van der Waals surface area contributed by atoms with Gasteiger partial charge in [-0.15, -0.1) is 0 Å². The van der Waals surface area contributed by atoms with Crippen LogP contribution in [-0.4, -0.2) is 14.2 Å². The van der Waals surface area contributed by atoms with Gasteiger partial charge in [0, 0.05) is 10.8 Å². The molecule has 0 atom stereocenters. The third kappa shape index (κ3) is 1.42. The van der Waals surface area contributed by atoms with Crippen LogP contribution < -0.4 is 0 Å². The third-order valence-electron chi connectivity index (χ3n) is 3.48. The predicted molar refractivity (Wildman–Crippen MR) is 69.0 cm³/mol. The number of sulfone groups is 1. The van der Waals surface area contributed by atoms with E-state index in [1.54, 1.807) is 6.07 Å². The predicted octanol–water partition coefficient (Wildman–Crippen LogP) is 2.90. The average molecular weight is 246 g/mol. The van der Waals surface area contributed by atoms with Crippen LogP contribution in [0.5, 0.6) is 0 Å². The maximum atomic E-state index is 12.3. The van der Waals surface area contributed by atoms with Gasteiger partial charge in [-0.1, -0.05) is 44.2 Å². The minimum absolute atomic E-state index is 0.191. The lowest BCUT2D eigenvalue weighted by atomic mass is 9.83. The lowest BCUT2D eigenvalue weighted by Crippen LogP contribution is -2.32. The Hall–Kier alpha value is -1.35. The van der Waals surface area contributed by atoms with Crippen LogP contribution >= 0.6 is 0 Å². The number of hydrogen-bond acceptors (Lipinski definition) is 2. The van der Waals surface area contributed by atoms with Gasteiger partial charge in [-0.05, 0) is 17.0 Å². The minimum Gasteiger partial charge on any atom is -0.224 e. The molecule has 0 N–H and O–H groups in total. The van der Waals surface area contributed by atoms with Crippen molar-refractivity contribution >= 4 is 20.6 Å². The summed E-state index contributed by atoms with van der Waals surface area (Å²) in [6.07, 6.45) is 0. The summed E-state index contributed by atoms with van der Waals surface area (Å²) >= 11 is 0. The lowest BCUT2D eigenvalue weighted by molar-refractivity contribution is 0.544. The number of hydrogen-bond donors (Lipinski definition) is 0. The van der Waals surface area contributed by atoms with Crippen LogP contribution in [0.1, 0.15) is 19.4 Å². The molecule has 3 rings (SSSR count). The maximum absolute atomic E-state index is 12.3. The Labute approximate surface area is 101 Å². The van der Waals surface area contributed by atoms with Crippen molar-refractivity contribution in [3.63, 3.8) is 0 Å². The molecule has 0 radical (unpaired) electrons. The second-order valence-corrected chi connectivity index (χ2v) is 7.26. The topological polar surface area (TPSA) is 34.1 Å². The van der Waals surface area contributed by atoms with Gasteiger partial charge in [0.05, 0.1) is 10.6 Å². The molecule has 0 spiro atoms. The van der Waals surface area contributed by atoms with Gasteiger partial charge in [0.2, 0.25) is 0 Å². The number of benzene rings is 2. The molecule has 0 aliphatic carbocycles. The van der Waals surface area contributed by atoms with Crippen molar-refractivity contribution in [2.75, 3.05) is 5.75 Å². The largest absolute Gasteiger partial charge is 0.224 e. The summed E-state index contributed by atoms with van der Waals surface area (Å²) < 4.78 is 24.6. The van der Waals surface area contributed by atoms with Crippen LogP contribution in [0, 0.1) is 0 Å². The van der Waals surface area contributed by atoms with Gasteiger partial charge >= 0.3 is 0 Å². The maximum Gasteiger partial charge on any atom is 0.179 e. The number of rotatable bonds is 0. The van der Waals surface area contributed by atoms with Crippen LogP contribution in [0.3, 0.4) is 0 Å². The van der Waals surface area contributed by atoms with E-state index in [0.29, 0.717) is 4.90 Å². The van der Waals surface area contributed by atoms with E-state index < -0.39 is 9.84 Å². The molecule has 1 aliphatic rings. The zero-order valence-electron chi connectivity index (χ0n) is 9.90. The molecule has 0 amide bonds. The molecule has 1 heterocycles. The molecule has 0 saturated carbocycles. The fourth-order valence-corrected chi connectivity index (χ4v) is 4.85. The van der Waals surface area contributed by atoms with Crippen molar-refractivity contribution in [1.29, 1.82) is 0 Å². The Morgan fingerprint density at radius 3 is 2.41 bits per heavy atom. The molecule has 0 unspecified atom stereocenters. The fraction of sp³-hybridized carbons (Fsp3) is 0.286. The molecule has 0 aromatic heterocycles. The van der Waals surface area contributed by atoms with E-state index in [4.69, 9.17) is 0 Å². The SMILES string of the molecule is CC1(C)CS(=O)(=O)c2cccc3cccc1c23. The Kier molecular flexibility index (Phi) is 1.97. The molecule has 0 saturated heterocycles. The van der Waals surface area contributed by atoms with Crippen LogP contribution in [0.4, 0.5) is 0 Å². The van der Waals surface area contributed by atoms with Gasteiger partial charge in [0.25, 0.3) is 0 Å². The van der Waals surface area contributed by atoms with Crippen LogP contribution in [0.2, 0.25) is 0 Å². The monoisotopic (exact) mass is 246 g/mol. The Morgan fingerprint density at radius 2 is 1.71 bits per heavy atom. The van der Waals surface area contributed by atoms with Crippen LogP contribution in [0.15, 0.2) is 41.3 Å². The fourth-order valence-electron chi connectivity index (χ4n) is 2.76. The van der Waals surface area contributed by atoms with Gasteiger partial charge in [-0.3, -0.25) is 0 Å². The van der Waals surface area contributed by atoms with E-state index >= 15 is 0 Å². The van der Waals surface area contributed by atoms with E-state index in [9.17, 15) is 8.42 Å². The quantitative estimate of drug-likeness (QED) is 0.716. The first-order valence-electron chi connectivity index (χ1n) is 5.67. The summed E-state index contributed by atoms with van der Waals surface area (Å²) in [5, 5.41) is 1.92. The molecular weight excluding hydrogens is 232 g/mol. The summed E-state index contributed by atoms with van der Waals surface area (Å²) in [6, 6.07) is 11.5. The van der Waals surface area contributed by atoms with Gasteiger partial charge < -0.3 is 0 Å². The molecule has 88 valence electrons. The van der Waals surface area contributed by atoms with E-state index in [2.05, 4.69) is 0 Å². The highest BCUT2D eigenvalue weighted by Crippen LogP contribution is 2.40. The summed E-state index contributed by atoms with van der Waals surface area (Å²) in [6.45, 7) is 3.99. The second-order valence-electron chi connectivity index (χ2n) is 5.30. The molecule has 0 fully saturated rings. The first-order chi connectivity index (χ1) is 7.92. The smallest absolute Gasteiger partial charge is 0.179 e. The molecule has 3 heteroatoms. The minimum atomic E-state index is -3.16. The first kappa shape index (κ1) is 10.8. The first-order valence-corrected chi connectivity index (χ1v) is 7.32. The van der Waals surface area contributed by atoms with Crippen molar-refractivity contribution in [2.24, 2.45) is 0 Å². The summed E-state index contributed by atoms with van der Waals surface area (Å²) in [4.78, 5) is 0.491. The molecule has 17 heavy (non-hydrogen) atoms. The van der Waals surface area contributed by atoms with Crippen molar-refractivity contribution < 1.29 is 8.42 Å². The van der Waals surface area contributed by atoms with E-state index in [1.165, 1.54) is 0 Å². The molecule has 2 aromatic rings. The zero-order chi connectivity index (χ0) is 12.3. The normalized spacial score (nSPS) is 20.4. The van der Waals surface area contributed by atoms with E-state index in [1.807, 2.05) is 44.2 Å². The lowest BCUT2D eigenvalue weighted by Gasteiger charge is -2.31. The second kappa shape index (κ2) is 3.10. The van der Waals surface area contributed by atoms with Crippen molar-refractivity contribution in [3.8, 4) is 0 Å². The van der Waals surface area contributed by atoms with Gasteiger partial charge in [-0.2, -0.15) is 0 Å². The molecule has 0 bridgehead atoms. The Balaban J connectivity index is 2.60. The summed E-state index contributed by atoms with van der Waals surface area (Å²) in [5.74, 6) is 0.191. The van der Waals surface area contributed by atoms with Crippen molar-refractivity contribution in [1.82, 2.24) is 0 Å². The third-order valence-corrected chi connectivity index (χ3v) is 5.59. The summed E-state index contributed by atoms with van der Waals surface area (Å²) in [7, 11) is -3.16. The van der Waals surface area contributed by atoms with Crippen LogP contribution in [-0.2, 0) is 15.3 Å². The Morgan fingerprint density at radius 1 is 1.06 bits per heavy atom. The standard InChI is InChI=1S/C14H14O2S/c1-14(2)9-17(15,16)12-8-4-6-10-5-3-7-11(14)13(10)12/h3-8H,9H2,1-2H3. The highest BCUT2D eigenvalue weighted by molar-refractivity contribution is 7.91. The van der Waals surface area contributed by atoms with Crippen LogP contribution in [0.25, 0.3) is 10.8 Å². The Bertz CT molecular complexity index is 707. The van der Waals surface area contributed by atoms with Crippen molar-refractivity contribution in [2.45, 2.75) is 24.2 Å². The molecular formula is C14H14O2S. The van der Waals surface area contributed by atoms with E-state index in [0.717, 1.165) is 16.3 Å². The van der Waals surface area contributed by atoms with Gasteiger partial charge in [0.15, 0.2) is 9.84 Å². The highest BCUT2D eigenvalue weighted by Gasteiger charge is 2.36.